The predicted molar refractivity (Wildman–Crippen MR) is 117 cm³/mol. The van der Waals surface area contributed by atoms with Crippen LogP contribution >= 0.6 is 11.8 Å². The van der Waals surface area contributed by atoms with Crippen molar-refractivity contribution in [3.05, 3.63) is 71.5 Å². The van der Waals surface area contributed by atoms with Crippen molar-refractivity contribution in [2.75, 3.05) is 5.75 Å². The molecule has 0 saturated heterocycles. The number of amides is 2. The third-order valence-electron chi connectivity index (χ3n) is 4.47. The van der Waals surface area contributed by atoms with Crippen LogP contribution < -0.4 is 5.32 Å². The summed E-state index contributed by atoms with van der Waals surface area (Å²) in [6.07, 6.45) is 0.297. The Morgan fingerprint density at radius 1 is 1.03 bits per heavy atom. The molecule has 2 aromatic rings. The Kier molecular flexibility index (Phi) is 9.19. The first kappa shape index (κ1) is 22.9. The van der Waals surface area contributed by atoms with E-state index in [1.807, 2.05) is 32.0 Å². The maximum atomic E-state index is 14.1. The van der Waals surface area contributed by atoms with Gasteiger partial charge in [0.1, 0.15) is 11.9 Å². The van der Waals surface area contributed by atoms with E-state index in [0.29, 0.717) is 17.7 Å². The number of benzene rings is 2. The highest BCUT2D eigenvalue weighted by Crippen LogP contribution is 2.17. The summed E-state index contributed by atoms with van der Waals surface area (Å²) in [5.74, 6) is 0.701. The summed E-state index contributed by atoms with van der Waals surface area (Å²) in [6.45, 7) is 5.50. The number of rotatable bonds is 10. The fourth-order valence-corrected chi connectivity index (χ4v) is 3.76. The summed E-state index contributed by atoms with van der Waals surface area (Å²) in [5, 5.41) is 2.84. The Bertz CT molecular complexity index is 798. The lowest BCUT2D eigenvalue weighted by atomic mass is 10.1. The average molecular weight is 417 g/mol. The molecule has 0 fully saturated rings. The lowest BCUT2D eigenvalue weighted by Crippen LogP contribution is -2.49. The smallest absolute Gasteiger partial charge is 0.242 e. The molecule has 0 saturated carbocycles. The van der Waals surface area contributed by atoms with E-state index >= 15 is 0 Å². The van der Waals surface area contributed by atoms with E-state index in [-0.39, 0.29) is 30.2 Å². The van der Waals surface area contributed by atoms with E-state index in [4.69, 9.17) is 0 Å². The molecule has 0 unspecified atom stereocenters. The topological polar surface area (TPSA) is 49.4 Å². The molecule has 0 aliphatic carbocycles. The van der Waals surface area contributed by atoms with Crippen molar-refractivity contribution in [2.24, 2.45) is 0 Å². The van der Waals surface area contributed by atoms with Gasteiger partial charge in [-0.05, 0) is 32.4 Å². The molecule has 0 radical (unpaired) electrons. The molecule has 2 rings (SSSR count). The van der Waals surface area contributed by atoms with Gasteiger partial charge in [-0.15, -0.1) is 0 Å². The molecule has 2 aromatic carbocycles. The summed E-state index contributed by atoms with van der Waals surface area (Å²) in [7, 11) is 0. The van der Waals surface area contributed by atoms with Crippen LogP contribution in [0, 0.1) is 5.82 Å². The molecule has 2 amide bonds. The third kappa shape index (κ3) is 7.54. The van der Waals surface area contributed by atoms with Crippen molar-refractivity contribution in [2.45, 2.75) is 51.6 Å². The highest BCUT2D eigenvalue weighted by Gasteiger charge is 2.26. The van der Waals surface area contributed by atoms with E-state index in [9.17, 15) is 14.0 Å². The average Bonchev–Trinajstić information content (AvgIpc) is 2.70. The maximum Gasteiger partial charge on any atom is 0.242 e. The molecule has 0 bridgehead atoms. The molecule has 156 valence electrons. The minimum absolute atomic E-state index is 0.0307. The van der Waals surface area contributed by atoms with Crippen molar-refractivity contribution in [1.82, 2.24) is 10.2 Å². The van der Waals surface area contributed by atoms with Gasteiger partial charge in [0.05, 0.1) is 0 Å². The van der Waals surface area contributed by atoms with Crippen molar-refractivity contribution in [3.8, 4) is 0 Å². The SMILES string of the molecule is CC(C)NC(=O)[C@@H](C)N(Cc1ccccc1F)C(=O)CCSCc1ccccc1. The first-order valence-electron chi connectivity index (χ1n) is 9.83. The van der Waals surface area contributed by atoms with Gasteiger partial charge in [0, 0.05) is 36.1 Å². The zero-order valence-electron chi connectivity index (χ0n) is 17.2. The van der Waals surface area contributed by atoms with Crippen molar-refractivity contribution in [3.63, 3.8) is 0 Å². The molecule has 1 N–H and O–H groups in total. The highest BCUT2D eigenvalue weighted by molar-refractivity contribution is 7.98. The van der Waals surface area contributed by atoms with Crippen LogP contribution in [0.3, 0.4) is 0 Å². The molecule has 0 heterocycles. The van der Waals surface area contributed by atoms with Gasteiger partial charge in [-0.1, -0.05) is 48.5 Å². The summed E-state index contributed by atoms with van der Waals surface area (Å²) in [4.78, 5) is 26.9. The first-order chi connectivity index (χ1) is 13.9. The third-order valence-corrected chi connectivity index (χ3v) is 5.50. The maximum absolute atomic E-state index is 14.1. The van der Waals surface area contributed by atoms with Crippen LogP contribution in [-0.2, 0) is 21.9 Å². The Morgan fingerprint density at radius 3 is 2.34 bits per heavy atom. The second kappa shape index (κ2) is 11.6. The number of thioether (sulfide) groups is 1. The van der Waals surface area contributed by atoms with Crippen molar-refractivity contribution in [1.29, 1.82) is 0 Å². The molecule has 0 aliphatic heterocycles. The standard InChI is InChI=1S/C23H29FN2O2S/c1-17(2)25-23(28)18(3)26(15-20-11-7-8-12-21(20)24)22(27)13-14-29-16-19-9-5-4-6-10-19/h4-12,17-18H,13-16H2,1-3H3,(H,25,28)/t18-/m1/s1. The highest BCUT2D eigenvalue weighted by atomic mass is 32.2. The fourth-order valence-electron chi connectivity index (χ4n) is 2.87. The lowest BCUT2D eigenvalue weighted by molar-refractivity contribution is -0.140. The largest absolute Gasteiger partial charge is 0.352 e. The minimum atomic E-state index is -0.677. The zero-order valence-corrected chi connectivity index (χ0v) is 18.0. The summed E-state index contributed by atoms with van der Waals surface area (Å²) in [5.41, 5.74) is 1.61. The number of hydrogen-bond donors (Lipinski definition) is 1. The van der Waals surface area contributed by atoms with Crippen LogP contribution in [0.5, 0.6) is 0 Å². The number of halogens is 1. The Hall–Kier alpha value is -2.34. The van der Waals surface area contributed by atoms with Gasteiger partial charge in [0.15, 0.2) is 0 Å². The molecule has 1 atom stereocenters. The summed E-state index contributed by atoms with van der Waals surface area (Å²) >= 11 is 1.67. The number of carbonyl (C=O) groups is 2. The molecular formula is C23H29FN2O2S. The van der Waals surface area contributed by atoms with Gasteiger partial charge in [-0.25, -0.2) is 4.39 Å². The monoisotopic (exact) mass is 416 g/mol. The number of carbonyl (C=O) groups excluding carboxylic acids is 2. The van der Waals surface area contributed by atoms with Crippen LogP contribution in [0.4, 0.5) is 4.39 Å². The van der Waals surface area contributed by atoms with Gasteiger partial charge in [-0.3, -0.25) is 9.59 Å². The van der Waals surface area contributed by atoms with E-state index in [1.54, 1.807) is 36.9 Å². The lowest BCUT2D eigenvalue weighted by Gasteiger charge is -2.29. The summed E-state index contributed by atoms with van der Waals surface area (Å²) in [6, 6.07) is 15.7. The number of hydrogen-bond acceptors (Lipinski definition) is 3. The molecule has 0 aromatic heterocycles. The number of nitrogens with one attached hydrogen (secondary N) is 1. The molecular weight excluding hydrogens is 387 g/mol. The molecule has 4 nitrogen and oxygen atoms in total. The van der Waals surface area contributed by atoms with E-state index in [0.717, 1.165) is 5.75 Å². The molecule has 0 spiro atoms. The van der Waals surface area contributed by atoms with Crippen LogP contribution in [0.25, 0.3) is 0 Å². The Balaban J connectivity index is 2.01. The van der Waals surface area contributed by atoms with Crippen LogP contribution in [0.1, 0.15) is 38.3 Å². The second-order valence-electron chi connectivity index (χ2n) is 7.24. The van der Waals surface area contributed by atoms with E-state index in [2.05, 4.69) is 17.4 Å². The predicted octanol–water partition coefficient (Wildman–Crippen LogP) is 4.39. The van der Waals surface area contributed by atoms with Crippen molar-refractivity contribution < 1.29 is 14.0 Å². The normalized spacial score (nSPS) is 11.9. The molecule has 0 aliphatic rings. The van der Waals surface area contributed by atoms with E-state index < -0.39 is 6.04 Å². The minimum Gasteiger partial charge on any atom is -0.352 e. The molecule has 29 heavy (non-hydrogen) atoms. The van der Waals surface area contributed by atoms with Gasteiger partial charge < -0.3 is 10.2 Å². The van der Waals surface area contributed by atoms with E-state index in [1.165, 1.54) is 16.5 Å². The summed E-state index contributed by atoms with van der Waals surface area (Å²) < 4.78 is 14.1. The van der Waals surface area contributed by atoms with Crippen LogP contribution in [0.2, 0.25) is 0 Å². The van der Waals surface area contributed by atoms with Gasteiger partial charge >= 0.3 is 0 Å². The van der Waals surface area contributed by atoms with Gasteiger partial charge in [0.2, 0.25) is 11.8 Å². The first-order valence-corrected chi connectivity index (χ1v) is 11.0. The Labute approximate surface area is 176 Å². The Morgan fingerprint density at radius 2 is 1.69 bits per heavy atom. The fraction of sp³-hybridized carbons (Fsp3) is 0.391. The quantitative estimate of drug-likeness (QED) is 0.585. The van der Waals surface area contributed by atoms with Crippen LogP contribution in [-0.4, -0.2) is 34.6 Å². The van der Waals surface area contributed by atoms with Crippen LogP contribution in [0.15, 0.2) is 54.6 Å². The van der Waals surface area contributed by atoms with Crippen molar-refractivity contribution >= 4 is 23.6 Å². The zero-order chi connectivity index (χ0) is 21.2. The van der Waals surface area contributed by atoms with Gasteiger partial charge in [0.25, 0.3) is 0 Å². The number of nitrogens with zero attached hydrogens (tertiary/aromatic N) is 1. The second-order valence-corrected chi connectivity index (χ2v) is 8.35. The molecule has 6 heteroatoms. The van der Waals surface area contributed by atoms with Gasteiger partial charge in [-0.2, -0.15) is 11.8 Å².